The van der Waals surface area contributed by atoms with Crippen LogP contribution in [0.3, 0.4) is 0 Å². The maximum absolute atomic E-state index is 16.4. The van der Waals surface area contributed by atoms with Crippen LogP contribution in [0.4, 0.5) is 15.5 Å². The molecule has 1 aromatic heterocycles. The van der Waals surface area contributed by atoms with Gasteiger partial charge in [-0.25, -0.2) is 0 Å². The number of carbonyl (C=O) groups is 2. The van der Waals surface area contributed by atoms with Crippen LogP contribution in [0.1, 0.15) is 54.5 Å². The van der Waals surface area contributed by atoms with Crippen LogP contribution in [-0.4, -0.2) is 66.1 Å². The van der Waals surface area contributed by atoms with Gasteiger partial charge in [-0.3, -0.25) is 14.3 Å². The quantitative estimate of drug-likeness (QED) is 0.120. The molecule has 6 atom stereocenters. The molecule has 2 fully saturated rings. The second-order valence-corrected chi connectivity index (χ2v) is 19.1. The van der Waals surface area contributed by atoms with E-state index in [1.807, 2.05) is 73.8 Å². The number of nitrogens with one attached hydrogen (secondary N) is 2. The van der Waals surface area contributed by atoms with Crippen molar-refractivity contribution in [1.29, 1.82) is 0 Å². The zero-order valence-electron chi connectivity index (χ0n) is 29.8. The van der Waals surface area contributed by atoms with Crippen molar-refractivity contribution in [2.75, 3.05) is 29.9 Å². The highest BCUT2D eigenvalue weighted by atomic mass is 35.5. The van der Waals surface area contributed by atoms with Gasteiger partial charge in [0.1, 0.15) is 0 Å². The Labute approximate surface area is 309 Å². The van der Waals surface area contributed by atoms with E-state index in [-0.39, 0.29) is 36.8 Å². The molecule has 3 aromatic carbocycles. The summed E-state index contributed by atoms with van der Waals surface area (Å²) in [5.74, 6) is -1.15. The summed E-state index contributed by atoms with van der Waals surface area (Å²) in [7, 11) is -3.39. The molecule has 10 nitrogen and oxygen atoms in total. The summed E-state index contributed by atoms with van der Waals surface area (Å²) in [5.41, 5.74) is 2.50. The molecule has 3 N–H and O–H groups in total. The molecule has 0 saturated carbocycles. The fraction of sp³-hybridized carbons (Fsp3) is 0.436. The molecule has 3 aliphatic rings. The molecule has 52 heavy (non-hydrogen) atoms. The van der Waals surface area contributed by atoms with E-state index in [1.54, 1.807) is 34.8 Å². The maximum atomic E-state index is 16.4. The first-order valence-corrected chi connectivity index (χ1v) is 21.5. The van der Waals surface area contributed by atoms with E-state index >= 15 is 4.11 Å². The molecule has 7 rings (SSSR count). The number of hydrogen-bond acceptors (Lipinski definition) is 7. The van der Waals surface area contributed by atoms with Gasteiger partial charge in [0, 0.05) is 47.0 Å². The standard InChI is InChI=1S/C39H46ClFN6O4Si/c1-25-36(52(2,3)41)35(16-18-46-23-33(44-45-46)31(24-48)27-10-5-4-6-11-27)51-39(25)32-20-29(40)14-15-34(32)47(38(39)50)22-26-9-7-13-30(19-26)43-37(49)28-12-8-17-42-21-28/h4-7,9-11,13-15,19-20,23,25,28,31,35-36,42,48H,8,12,16-18,21-22,24H2,1-3H3,(H,43,49)/t25-,28?,31?,35+,36-,39+/m1/s1. The summed E-state index contributed by atoms with van der Waals surface area (Å²) in [4.78, 5) is 29.5. The predicted molar refractivity (Wildman–Crippen MR) is 201 cm³/mol. The normalized spacial score (nSPS) is 25.0. The molecule has 4 heterocycles. The van der Waals surface area contributed by atoms with E-state index in [9.17, 15) is 14.7 Å². The highest BCUT2D eigenvalue weighted by Crippen LogP contribution is 2.60. The van der Waals surface area contributed by atoms with Crippen LogP contribution >= 0.6 is 11.6 Å². The summed E-state index contributed by atoms with van der Waals surface area (Å²) in [6.45, 7) is 7.40. The monoisotopic (exact) mass is 744 g/mol. The number of aryl methyl sites for hydroxylation is 1. The highest BCUT2D eigenvalue weighted by Gasteiger charge is 2.66. The average Bonchev–Trinajstić information content (AvgIpc) is 3.79. The molecule has 2 unspecified atom stereocenters. The number of aliphatic hydroxyl groups is 1. The first-order chi connectivity index (χ1) is 25.0. The Hall–Kier alpha value is -3.94. The van der Waals surface area contributed by atoms with Crippen LogP contribution in [0.2, 0.25) is 23.7 Å². The van der Waals surface area contributed by atoms with Crippen LogP contribution < -0.4 is 15.5 Å². The zero-order valence-corrected chi connectivity index (χ0v) is 31.5. The molecular formula is C39H46ClFN6O4Si. The van der Waals surface area contributed by atoms with Crippen LogP contribution in [0.15, 0.2) is 79.0 Å². The van der Waals surface area contributed by atoms with E-state index in [4.69, 9.17) is 16.3 Å². The number of fused-ring (bicyclic) bond motifs is 2. The molecule has 1 spiro atoms. The van der Waals surface area contributed by atoms with Gasteiger partial charge in [-0.05, 0) is 80.4 Å². The van der Waals surface area contributed by atoms with Gasteiger partial charge in [0.25, 0.3) is 5.91 Å². The van der Waals surface area contributed by atoms with Crippen LogP contribution in [0.25, 0.3) is 0 Å². The van der Waals surface area contributed by atoms with Gasteiger partial charge in [-0.2, -0.15) is 0 Å². The third kappa shape index (κ3) is 6.94. The number of halogens is 2. The maximum Gasteiger partial charge on any atom is 0.264 e. The number of aliphatic hydroxyl groups excluding tert-OH is 1. The number of nitrogens with zero attached hydrogens (tertiary/aromatic N) is 4. The van der Waals surface area contributed by atoms with Gasteiger partial charge in [-0.1, -0.05) is 66.2 Å². The lowest BCUT2D eigenvalue weighted by atomic mass is 9.82. The van der Waals surface area contributed by atoms with Crippen molar-refractivity contribution in [2.24, 2.45) is 11.8 Å². The topological polar surface area (TPSA) is 122 Å². The van der Waals surface area contributed by atoms with Gasteiger partial charge in [0.05, 0.1) is 42.5 Å². The Kier molecular flexibility index (Phi) is 10.4. The van der Waals surface area contributed by atoms with Crippen molar-refractivity contribution >= 4 is 43.2 Å². The Morgan fingerprint density at radius 3 is 2.71 bits per heavy atom. The van der Waals surface area contributed by atoms with Crippen LogP contribution in [0.5, 0.6) is 0 Å². The van der Waals surface area contributed by atoms with E-state index < -0.39 is 31.6 Å². The molecule has 0 radical (unpaired) electrons. The van der Waals surface area contributed by atoms with Crippen molar-refractivity contribution in [3.8, 4) is 0 Å². The molecule has 274 valence electrons. The lowest BCUT2D eigenvalue weighted by Crippen LogP contribution is -2.45. The summed E-state index contributed by atoms with van der Waals surface area (Å²) in [6, 6.07) is 22.6. The molecule has 0 bridgehead atoms. The zero-order chi connectivity index (χ0) is 36.6. The molecule has 13 heteroatoms. The second-order valence-electron chi connectivity index (χ2n) is 14.9. The van der Waals surface area contributed by atoms with E-state index in [0.717, 1.165) is 30.5 Å². The molecular weight excluding hydrogens is 699 g/mol. The number of benzene rings is 3. The van der Waals surface area contributed by atoms with Gasteiger partial charge >= 0.3 is 0 Å². The first-order valence-electron chi connectivity index (χ1n) is 18.1. The van der Waals surface area contributed by atoms with E-state index in [2.05, 4.69) is 20.9 Å². The number of carbonyl (C=O) groups excluding carboxylic acids is 2. The Bertz CT molecular complexity index is 1920. The highest BCUT2D eigenvalue weighted by molar-refractivity contribution is 6.72. The number of anilines is 2. The number of aromatic nitrogens is 3. The van der Waals surface area contributed by atoms with Gasteiger partial charge in [0.2, 0.25) is 14.3 Å². The van der Waals surface area contributed by atoms with Gasteiger partial charge < -0.3 is 29.5 Å². The minimum Gasteiger partial charge on any atom is -0.395 e. The summed E-state index contributed by atoms with van der Waals surface area (Å²) in [6.07, 6.45) is 3.47. The smallest absolute Gasteiger partial charge is 0.264 e. The summed E-state index contributed by atoms with van der Waals surface area (Å²) < 4.78 is 25.0. The number of rotatable bonds is 11. The van der Waals surface area contributed by atoms with Gasteiger partial charge in [-0.15, -0.1) is 5.10 Å². The lowest BCUT2D eigenvalue weighted by molar-refractivity contribution is -0.146. The first kappa shape index (κ1) is 36.4. The largest absolute Gasteiger partial charge is 0.395 e. The van der Waals surface area contributed by atoms with Crippen LogP contribution in [-0.2, 0) is 33.0 Å². The molecule has 0 aliphatic carbocycles. The number of ether oxygens (including phenoxy) is 1. The summed E-state index contributed by atoms with van der Waals surface area (Å²) in [5, 5.41) is 25.7. The number of amides is 2. The van der Waals surface area contributed by atoms with Crippen molar-refractivity contribution < 1.29 is 23.5 Å². The van der Waals surface area contributed by atoms with Crippen molar-refractivity contribution in [1.82, 2.24) is 20.3 Å². The third-order valence-electron chi connectivity index (χ3n) is 11.1. The van der Waals surface area contributed by atoms with E-state index in [1.165, 1.54) is 0 Å². The molecule has 2 saturated heterocycles. The fourth-order valence-corrected chi connectivity index (χ4v) is 11.3. The van der Waals surface area contributed by atoms with Crippen molar-refractivity contribution in [3.63, 3.8) is 0 Å². The summed E-state index contributed by atoms with van der Waals surface area (Å²) >= 11 is 6.58. The molecule has 3 aliphatic heterocycles. The Morgan fingerprint density at radius 1 is 1.17 bits per heavy atom. The minimum absolute atomic E-state index is 0.0182. The second kappa shape index (κ2) is 14.8. The Morgan fingerprint density at radius 2 is 1.98 bits per heavy atom. The van der Waals surface area contributed by atoms with Crippen molar-refractivity contribution in [3.05, 3.63) is 106 Å². The number of piperidine rings is 1. The minimum atomic E-state index is -3.39. The van der Waals surface area contributed by atoms with Crippen molar-refractivity contribution in [2.45, 2.75) is 75.5 Å². The van der Waals surface area contributed by atoms with E-state index in [0.29, 0.717) is 47.2 Å². The Balaban J connectivity index is 1.14. The van der Waals surface area contributed by atoms with Crippen LogP contribution in [0, 0.1) is 11.8 Å². The average molecular weight is 745 g/mol. The SMILES string of the molecule is C[C@@H]1[C@@H]([Si](C)(C)F)[C@H](CCn2cc(C(CO)c3ccccc3)nn2)O[C@@]12C(=O)N(Cc1cccc(NC(=O)C3CCCNC3)c1)c1ccc(Cl)cc12. The lowest BCUT2D eigenvalue weighted by Gasteiger charge is -2.31. The fourth-order valence-electron chi connectivity index (χ4n) is 8.59. The third-order valence-corrected chi connectivity index (χ3v) is 13.8. The molecule has 4 aromatic rings. The predicted octanol–water partition coefficient (Wildman–Crippen LogP) is 6.41. The van der Waals surface area contributed by atoms with Gasteiger partial charge in [0.15, 0.2) is 5.60 Å². The molecule has 2 amide bonds. The number of hydrogen-bond donors (Lipinski definition) is 3.